The van der Waals surface area contributed by atoms with Crippen LogP contribution in [0, 0.1) is 0 Å². The molecule has 1 fully saturated rings. The van der Waals surface area contributed by atoms with Crippen molar-refractivity contribution in [2.45, 2.75) is 30.8 Å². The summed E-state index contributed by atoms with van der Waals surface area (Å²) in [4.78, 5) is 2.49. The van der Waals surface area contributed by atoms with Gasteiger partial charge in [0, 0.05) is 19.6 Å². The minimum absolute atomic E-state index is 0.0961. The zero-order valence-corrected chi connectivity index (χ0v) is 17.9. The molecule has 1 aliphatic rings. The average molecular weight is 420 g/mol. The van der Waals surface area contributed by atoms with Gasteiger partial charge in [0.1, 0.15) is 11.9 Å². The molecule has 7 heteroatoms. The summed E-state index contributed by atoms with van der Waals surface area (Å²) >= 11 is 0. The Morgan fingerprint density at radius 2 is 1.76 bits per heavy atom. The van der Waals surface area contributed by atoms with Gasteiger partial charge in [-0.25, -0.2) is 8.42 Å². The van der Waals surface area contributed by atoms with Gasteiger partial charge in [0.05, 0.1) is 24.4 Å². The summed E-state index contributed by atoms with van der Waals surface area (Å²) in [6.07, 6.45) is 1.84. The second-order valence-electron chi connectivity index (χ2n) is 7.04. The van der Waals surface area contributed by atoms with E-state index in [1.54, 1.807) is 24.3 Å². The van der Waals surface area contributed by atoms with Gasteiger partial charge in [0.2, 0.25) is 0 Å². The Morgan fingerprint density at radius 1 is 1.03 bits per heavy atom. The van der Waals surface area contributed by atoms with Crippen molar-refractivity contribution >= 4 is 9.84 Å². The van der Waals surface area contributed by atoms with Crippen LogP contribution in [0.3, 0.4) is 0 Å². The highest BCUT2D eigenvalue weighted by Gasteiger charge is 2.23. The van der Waals surface area contributed by atoms with E-state index in [9.17, 15) is 8.42 Å². The Hall–Kier alpha value is -2.25. The van der Waals surface area contributed by atoms with Crippen LogP contribution in [0.2, 0.25) is 0 Å². The summed E-state index contributed by atoms with van der Waals surface area (Å²) in [6, 6.07) is 14.4. The molecule has 0 aliphatic carbocycles. The smallest absolute Gasteiger partial charge is 0.179 e. The van der Waals surface area contributed by atoms with Crippen LogP contribution in [0.5, 0.6) is 17.2 Å². The van der Waals surface area contributed by atoms with Crippen molar-refractivity contribution in [2.24, 2.45) is 0 Å². The quantitative estimate of drug-likeness (QED) is 0.621. The lowest BCUT2D eigenvalue weighted by Crippen LogP contribution is -2.40. The Bertz CT molecular complexity index is 892. The van der Waals surface area contributed by atoms with Gasteiger partial charge in [-0.1, -0.05) is 18.2 Å². The van der Waals surface area contributed by atoms with Crippen molar-refractivity contribution in [3.8, 4) is 17.2 Å². The lowest BCUT2D eigenvalue weighted by Gasteiger charge is -2.32. The molecule has 1 heterocycles. The third-order valence-corrected chi connectivity index (χ3v) is 6.75. The predicted molar refractivity (Wildman–Crippen MR) is 113 cm³/mol. The molecule has 0 bridgehead atoms. The molecular formula is C22H29NO5S. The first kappa shape index (κ1) is 21.5. The van der Waals surface area contributed by atoms with Gasteiger partial charge in [0.15, 0.2) is 21.3 Å². The molecule has 2 aromatic carbocycles. The zero-order valence-electron chi connectivity index (χ0n) is 17.0. The summed E-state index contributed by atoms with van der Waals surface area (Å²) in [5.41, 5.74) is 0. The highest BCUT2D eigenvalue weighted by Crippen LogP contribution is 2.29. The Balaban J connectivity index is 1.50. The van der Waals surface area contributed by atoms with E-state index < -0.39 is 9.84 Å². The van der Waals surface area contributed by atoms with Crippen molar-refractivity contribution in [1.29, 1.82) is 0 Å². The zero-order chi connectivity index (χ0) is 20.7. The van der Waals surface area contributed by atoms with E-state index in [2.05, 4.69) is 4.90 Å². The van der Waals surface area contributed by atoms with Crippen LogP contribution in [-0.4, -0.2) is 58.5 Å². The molecular weight excluding hydrogens is 390 g/mol. The summed E-state index contributed by atoms with van der Waals surface area (Å²) in [5, 5.41) is 0. The van der Waals surface area contributed by atoms with Crippen molar-refractivity contribution in [3.63, 3.8) is 0 Å². The first-order chi connectivity index (χ1) is 14.0. The highest BCUT2D eigenvalue weighted by atomic mass is 32.2. The van der Waals surface area contributed by atoms with E-state index in [4.69, 9.17) is 14.2 Å². The average Bonchev–Trinajstić information content (AvgIpc) is 2.75. The molecule has 0 radical (unpaired) electrons. The van der Waals surface area contributed by atoms with Crippen LogP contribution in [0.1, 0.15) is 19.8 Å². The van der Waals surface area contributed by atoms with Crippen molar-refractivity contribution in [2.75, 3.05) is 39.1 Å². The van der Waals surface area contributed by atoms with Gasteiger partial charge in [0.25, 0.3) is 0 Å². The predicted octanol–water partition coefficient (Wildman–Crippen LogP) is 3.41. The summed E-state index contributed by atoms with van der Waals surface area (Å²) in [5.74, 6) is 2.19. The SMILES string of the molecule is CCOc1ccccc1OC1CCN(CCS(=O)(=O)c2cccc(OC)c2)CC1. The van der Waals surface area contributed by atoms with Gasteiger partial charge < -0.3 is 19.1 Å². The maximum absolute atomic E-state index is 12.6. The number of hydrogen-bond donors (Lipinski definition) is 0. The van der Waals surface area contributed by atoms with Crippen LogP contribution < -0.4 is 14.2 Å². The lowest BCUT2D eigenvalue weighted by molar-refractivity contribution is 0.100. The number of ether oxygens (including phenoxy) is 3. The molecule has 0 atom stereocenters. The van der Waals surface area contributed by atoms with Gasteiger partial charge >= 0.3 is 0 Å². The van der Waals surface area contributed by atoms with Crippen LogP contribution in [0.25, 0.3) is 0 Å². The second-order valence-corrected chi connectivity index (χ2v) is 9.15. The largest absolute Gasteiger partial charge is 0.497 e. The fourth-order valence-electron chi connectivity index (χ4n) is 3.41. The first-order valence-electron chi connectivity index (χ1n) is 9.99. The molecule has 0 amide bonds. The van der Waals surface area contributed by atoms with Gasteiger partial charge in [-0.05, 0) is 50.1 Å². The number of para-hydroxylation sites is 2. The summed E-state index contributed by atoms with van der Waals surface area (Å²) in [7, 11) is -1.80. The molecule has 6 nitrogen and oxygen atoms in total. The minimum atomic E-state index is -3.34. The molecule has 0 unspecified atom stereocenters. The minimum Gasteiger partial charge on any atom is -0.497 e. The maximum Gasteiger partial charge on any atom is 0.179 e. The Morgan fingerprint density at radius 3 is 2.45 bits per heavy atom. The van der Waals surface area contributed by atoms with Gasteiger partial charge in [-0.15, -0.1) is 0 Å². The number of rotatable bonds is 9. The highest BCUT2D eigenvalue weighted by molar-refractivity contribution is 7.91. The number of hydrogen-bond acceptors (Lipinski definition) is 6. The standard InChI is InChI=1S/C22H29NO5S/c1-3-27-21-9-4-5-10-22(21)28-18-11-13-23(14-12-18)15-16-29(24,25)20-8-6-7-19(17-20)26-2/h4-10,17-18H,3,11-16H2,1-2H3. The molecule has 0 aromatic heterocycles. The molecule has 0 N–H and O–H groups in total. The molecule has 0 spiro atoms. The van der Waals surface area contributed by atoms with Gasteiger partial charge in [-0.3, -0.25) is 0 Å². The van der Waals surface area contributed by atoms with Crippen molar-refractivity contribution in [3.05, 3.63) is 48.5 Å². The fourth-order valence-corrected chi connectivity index (χ4v) is 4.73. The number of nitrogens with zero attached hydrogens (tertiary/aromatic N) is 1. The van der Waals surface area contributed by atoms with E-state index in [1.807, 2.05) is 31.2 Å². The Kier molecular flexibility index (Phi) is 7.39. The van der Waals surface area contributed by atoms with E-state index in [0.29, 0.717) is 23.8 Å². The molecule has 3 rings (SSSR count). The lowest BCUT2D eigenvalue weighted by atomic mass is 10.1. The molecule has 29 heavy (non-hydrogen) atoms. The van der Waals surface area contributed by atoms with Crippen molar-refractivity contribution in [1.82, 2.24) is 4.90 Å². The third-order valence-electron chi connectivity index (χ3n) is 5.05. The maximum atomic E-state index is 12.6. The van der Waals surface area contributed by atoms with Crippen LogP contribution >= 0.6 is 0 Å². The molecule has 2 aromatic rings. The van der Waals surface area contributed by atoms with Crippen LogP contribution in [0.4, 0.5) is 0 Å². The van der Waals surface area contributed by atoms with E-state index in [0.717, 1.165) is 37.4 Å². The number of sulfone groups is 1. The first-order valence-corrected chi connectivity index (χ1v) is 11.6. The molecule has 1 aliphatic heterocycles. The number of likely N-dealkylation sites (tertiary alicyclic amines) is 1. The number of benzene rings is 2. The van der Waals surface area contributed by atoms with E-state index in [1.165, 1.54) is 7.11 Å². The normalized spacial score (nSPS) is 15.8. The molecule has 1 saturated heterocycles. The van der Waals surface area contributed by atoms with Gasteiger partial charge in [-0.2, -0.15) is 0 Å². The summed E-state index contributed by atoms with van der Waals surface area (Å²) in [6.45, 7) is 4.70. The topological polar surface area (TPSA) is 65.1 Å². The third kappa shape index (κ3) is 5.87. The van der Waals surface area contributed by atoms with E-state index >= 15 is 0 Å². The van der Waals surface area contributed by atoms with Crippen LogP contribution in [0.15, 0.2) is 53.4 Å². The monoisotopic (exact) mass is 419 g/mol. The van der Waals surface area contributed by atoms with E-state index in [-0.39, 0.29) is 11.9 Å². The number of piperidine rings is 1. The number of methoxy groups -OCH3 is 1. The fraction of sp³-hybridized carbons (Fsp3) is 0.455. The molecule has 158 valence electrons. The molecule has 0 saturated carbocycles. The van der Waals surface area contributed by atoms with Crippen LogP contribution in [-0.2, 0) is 9.84 Å². The van der Waals surface area contributed by atoms with Crippen molar-refractivity contribution < 1.29 is 22.6 Å². The Labute approximate surface area is 173 Å². The second kappa shape index (κ2) is 9.98. The summed E-state index contributed by atoms with van der Waals surface area (Å²) < 4.78 is 42.2.